The summed E-state index contributed by atoms with van der Waals surface area (Å²) in [5.41, 5.74) is -0.155. The third-order valence-electron chi connectivity index (χ3n) is 2.86. The van der Waals surface area contributed by atoms with Crippen LogP contribution in [0.15, 0.2) is 24.3 Å². The van der Waals surface area contributed by atoms with E-state index in [4.69, 9.17) is 4.74 Å². The van der Waals surface area contributed by atoms with Crippen molar-refractivity contribution in [3.05, 3.63) is 35.4 Å². The predicted molar refractivity (Wildman–Crippen MR) is 54.9 cm³/mol. The Morgan fingerprint density at radius 3 is 2.40 bits per heavy atom. The quantitative estimate of drug-likeness (QED) is 0.659. The van der Waals surface area contributed by atoms with E-state index in [9.17, 15) is 9.59 Å². The van der Waals surface area contributed by atoms with E-state index >= 15 is 0 Å². The van der Waals surface area contributed by atoms with Crippen LogP contribution in [0, 0.1) is 0 Å². The second kappa shape index (κ2) is 3.19. The highest BCUT2D eigenvalue weighted by atomic mass is 16.6. The van der Waals surface area contributed by atoms with Gasteiger partial charge in [-0.15, -0.1) is 0 Å². The second-order valence-corrected chi connectivity index (χ2v) is 3.85. The highest BCUT2D eigenvalue weighted by Gasteiger charge is 2.42. The van der Waals surface area contributed by atoms with Crippen LogP contribution in [0.2, 0.25) is 0 Å². The summed E-state index contributed by atoms with van der Waals surface area (Å²) in [5, 5.41) is 0. The molecule has 15 heavy (non-hydrogen) atoms. The van der Waals surface area contributed by atoms with Crippen LogP contribution in [0.1, 0.15) is 41.0 Å². The second-order valence-electron chi connectivity index (χ2n) is 3.85. The molecule has 1 atom stereocenters. The number of cyclic esters (lactones) is 1. The van der Waals surface area contributed by atoms with Crippen LogP contribution >= 0.6 is 0 Å². The van der Waals surface area contributed by atoms with Crippen molar-refractivity contribution in [1.82, 2.24) is 0 Å². The third-order valence-corrected chi connectivity index (χ3v) is 2.86. The Morgan fingerprint density at radius 1 is 1.20 bits per heavy atom. The molecule has 0 spiro atoms. The van der Waals surface area contributed by atoms with E-state index in [1.165, 1.54) is 0 Å². The van der Waals surface area contributed by atoms with E-state index in [0.29, 0.717) is 17.5 Å². The fraction of sp³-hybridized carbons (Fsp3) is 0.333. The number of hydrogen-bond donors (Lipinski definition) is 0. The average Bonchev–Trinajstić information content (AvgIpc) is 2.26. The predicted octanol–water partition coefficient (Wildman–Crippen LogP) is 2.21. The van der Waals surface area contributed by atoms with Gasteiger partial charge in [0.2, 0.25) is 5.78 Å². The molecule has 2 rings (SSSR count). The highest BCUT2D eigenvalue weighted by molar-refractivity contribution is 6.14. The van der Waals surface area contributed by atoms with Crippen molar-refractivity contribution in [3.8, 4) is 0 Å². The summed E-state index contributed by atoms with van der Waals surface area (Å²) < 4.78 is 5.17. The molecule has 0 saturated carbocycles. The molecule has 1 unspecified atom stereocenters. The molecule has 1 aliphatic heterocycles. The number of ketones is 1. The topological polar surface area (TPSA) is 43.4 Å². The Balaban J connectivity index is 2.59. The van der Waals surface area contributed by atoms with Crippen molar-refractivity contribution in [3.63, 3.8) is 0 Å². The lowest BCUT2D eigenvalue weighted by atomic mass is 9.87. The minimum Gasteiger partial charge on any atom is -0.447 e. The standard InChI is InChI=1S/C12H12O3/c1-3-12(2)10(13)8-6-4-5-7-9(8)11(14)15-12/h4-7H,3H2,1-2H3. The van der Waals surface area contributed by atoms with Crippen molar-refractivity contribution >= 4 is 11.8 Å². The zero-order valence-electron chi connectivity index (χ0n) is 8.74. The summed E-state index contributed by atoms with van der Waals surface area (Å²) in [7, 11) is 0. The molecule has 1 heterocycles. The maximum Gasteiger partial charge on any atom is 0.339 e. The lowest BCUT2D eigenvalue weighted by molar-refractivity contribution is -0.00825. The van der Waals surface area contributed by atoms with Crippen molar-refractivity contribution in [2.24, 2.45) is 0 Å². The first kappa shape index (κ1) is 9.90. The molecule has 0 aromatic heterocycles. The number of rotatable bonds is 1. The van der Waals surface area contributed by atoms with E-state index < -0.39 is 11.6 Å². The third kappa shape index (κ3) is 1.35. The number of carbonyl (C=O) groups is 2. The number of fused-ring (bicyclic) bond motifs is 1. The van der Waals surface area contributed by atoms with Gasteiger partial charge < -0.3 is 4.74 Å². The summed E-state index contributed by atoms with van der Waals surface area (Å²) >= 11 is 0. The van der Waals surface area contributed by atoms with Gasteiger partial charge in [-0.05, 0) is 19.4 Å². The smallest absolute Gasteiger partial charge is 0.339 e. The van der Waals surface area contributed by atoms with Gasteiger partial charge in [0.25, 0.3) is 0 Å². The molecule has 0 aliphatic carbocycles. The van der Waals surface area contributed by atoms with Crippen LogP contribution in [0.25, 0.3) is 0 Å². The number of ether oxygens (including phenoxy) is 1. The molecule has 0 saturated heterocycles. The van der Waals surface area contributed by atoms with Gasteiger partial charge in [-0.3, -0.25) is 4.79 Å². The molecule has 0 amide bonds. The lowest BCUT2D eigenvalue weighted by Gasteiger charge is -2.31. The molecule has 0 bridgehead atoms. The minimum absolute atomic E-state index is 0.111. The number of Topliss-reactive ketones (excluding diaryl/α,β-unsaturated/α-hetero) is 1. The van der Waals surface area contributed by atoms with Gasteiger partial charge in [-0.1, -0.05) is 25.1 Å². The molecule has 0 fully saturated rings. The minimum atomic E-state index is -0.995. The van der Waals surface area contributed by atoms with Gasteiger partial charge in [0.05, 0.1) is 5.56 Å². The van der Waals surface area contributed by atoms with E-state index in [0.717, 1.165) is 0 Å². The monoisotopic (exact) mass is 204 g/mol. The molecule has 1 aromatic rings. The number of benzene rings is 1. The van der Waals surface area contributed by atoms with Gasteiger partial charge >= 0.3 is 5.97 Å². The summed E-state index contributed by atoms with van der Waals surface area (Å²) in [6, 6.07) is 6.77. The molecule has 0 N–H and O–H groups in total. The largest absolute Gasteiger partial charge is 0.447 e. The summed E-state index contributed by atoms with van der Waals surface area (Å²) in [6.07, 6.45) is 0.492. The Labute approximate surface area is 88.1 Å². The Bertz CT molecular complexity index is 436. The molecular formula is C12H12O3. The maximum atomic E-state index is 12.0. The number of carbonyl (C=O) groups excluding carboxylic acids is 2. The average molecular weight is 204 g/mol. The van der Waals surface area contributed by atoms with Gasteiger partial charge in [0, 0.05) is 5.56 Å². The normalized spacial score (nSPS) is 24.7. The van der Waals surface area contributed by atoms with Gasteiger partial charge in [-0.2, -0.15) is 0 Å². The van der Waals surface area contributed by atoms with Gasteiger partial charge in [0.15, 0.2) is 5.60 Å². The molecule has 3 nitrogen and oxygen atoms in total. The maximum absolute atomic E-state index is 12.0. The van der Waals surface area contributed by atoms with Crippen LogP contribution in [-0.2, 0) is 4.74 Å². The highest BCUT2D eigenvalue weighted by Crippen LogP contribution is 2.29. The number of esters is 1. The first-order chi connectivity index (χ1) is 7.08. The van der Waals surface area contributed by atoms with Crippen LogP contribution in [0.5, 0.6) is 0 Å². The molecule has 78 valence electrons. The molecular weight excluding hydrogens is 192 g/mol. The molecule has 1 aromatic carbocycles. The van der Waals surface area contributed by atoms with Crippen LogP contribution in [0.3, 0.4) is 0 Å². The molecule has 3 heteroatoms. The van der Waals surface area contributed by atoms with E-state index in [2.05, 4.69) is 0 Å². The van der Waals surface area contributed by atoms with Gasteiger partial charge in [0.1, 0.15) is 0 Å². The van der Waals surface area contributed by atoms with Crippen molar-refractivity contribution in [2.75, 3.05) is 0 Å². The Morgan fingerprint density at radius 2 is 1.80 bits per heavy atom. The lowest BCUT2D eigenvalue weighted by Crippen LogP contribution is -2.44. The molecule has 1 aliphatic rings. The fourth-order valence-corrected chi connectivity index (χ4v) is 1.68. The van der Waals surface area contributed by atoms with Crippen LogP contribution in [0.4, 0.5) is 0 Å². The number of hydrogen-bond acceptors (Lipinski definition) is 3. The summed E-state index contributed by atoms with van der Waals surface area (Å²) in [5.74, 6) is -0.519. The molecule has 0 radical (unpaired) electrons. The SMILES string of the molecule is CCC1(C)OC(=O)c2ccccc2C1=O. The van der Waals surface area contributed by atoms with E-state index in [-0.39, 0.29) is 5.78 Å². The Hall–Kier alpha value is -1.64. The van der Waals surface area contributed by atoms with Crippen molar-refractivity contribution < 1.29 is 14.3 Å². The van der Waals surface area contributed by atoms with Gasteiger partial charge in [-0.25, -0.2) is 4.79 Å². The zero-order valence-corrected chi connectivity index (χ0v) is 8.74. The Kier molecular flexibility index (Phi) is 2.11. The van der Waals surface area contributed by atoms with Crippen LogP contribution in [-0.4, -0.2) is 17.4 Å². The summed E-state index contributed by atoms with van der Waals surface area (Å²) in [4.78, 5) is 23.7. The van der Waals surface area contributed by atoms with E-state index in [1.54, 1.807) is 31.2 Å². The zero-order chi connectivity index (χ0) is 11.1. The summed E-state index contributed by atoms with van der Waals surface area (Å²) in [6.45, 7) is 3.49. The fourth-order valence-electron chi connectivity index (χ4n) is 1.68. The first-order valence-electron chi connectivity index (χ1n) is 4.95. The van der Waals surface area contributed by atoms with E-state index in [1.807, 2.05) is 6.92 Å². The van der Waals surface area contributed by atoms with Crippen molar-refractivity contribution in [1.29, 1.82) is 0 Å². The van der Waals surface area contributed by atoms with Crippen LogP contribution < -0.4 is 0 Å². The van der Waals surface area contributed by atoms with Crippen molar-refractivity contribution in [2.45, 2.75) is 25.9 Å². The first-order valence-corrected chi connectivity index (χ1v) is 4.95.